The fourth-order valence-electron chi connectivity index (χ4n) is 3.62. The minimum absolute atomic E-state index is 0. The third kappa shape index (κ3) is 7.47. The largest absolute Gasteiger partial charge is 0.490 e. The summed E-state index contributed by atoms with van der Waals surface area (Å²) in [4.78, 5) is 17.9. The summed E-state index contributed by atoms with van der Waals surface area (Å²) in [5.74, 6) is 3.35. The Kier molecular flexibility index (Phi) is 10.2. The van der Waals surface area contributed by atoms with Crippen LogP contribution in [0.4, 0.5) is 5.82 Å². The van der Waals surface area contributed by atoms with Gasteiger partial charge in [-0.2, -0.15) is 0 Å². The Balaban J connectivity index is 0.00000324. The van der Waals surface area contributed by atoms with Crippen LogP contribution >= 0.6 is 24.0 Å². The normalized spacial score (nSPS) is 13.7. The van der Waals surface area contributed by atoms with Crippen LogP contribution < -0.4 is 19.7 Å². The molecule has 1 aromatic carbocycles. The standard InChI is InChI=1S/C25H30N6O2.HI/c1-26-25(31-15-13-30(14-16-31)23-9-5-6-12-27-23)29-20-21-10-11-24(28-19-21)33-18-17-32-22-7-3-2-4-8-22;/h2-12,19H,13-18,20H2,1H3,(H,26,29);1H. The fourth-order valence-corrected chi connectivity index (χ4v) is 3.62. The van der Waals surface area contributed by atoms with Crippen molar-refractivity contribution in [2.24, 2.45) is 4.99 Å². The van der Waals surface area contributed by atoms with Crippen LogP contribution in [-0.4, -0.2) is 67.3 Å². The van der Waals surface area contributed by atoms with Gasteiger partial charge in [-0.05, 0) is 29.8 Å². The molecule has 1 fully saturated rings. The van der Waals surface area contributed by atoms with Crippen LogP contribution in [0.1, 0.15) is 5.56 Å². The van der Waals surface area contributed by atoms with Crippen molar-refractivity contribution in [3.05, 3.63) is 78.6 Å². The molecule has 2 aromatic heterocycles. The first-order valence-electron chi connectivity index (χ1n) is 11.2. The maximum absolute atomic E-state index is 5.67. The Morgan fingerprint density at radius 3 is 2.35 bits per heavy atom. The molecule has 0 unspecified atom stereocenters. The zero-order valence-corrected chi connectivity index (χ0v) is 21.7. The number of ether oxygens (including phenoxy) is 2. The molecular weight excluding hydrogens is 543 g/mol. The molecule has 1 N–H and O–H groups in total. The van der Waals surface area contributed by atoms with Crippen molar-refractivity contribution in [3.8, 4) is 11.6 Å². The van der Waals surface area contributed by atoms with Gasteiger partial charge < -0.3 is 24.6 Å². The van der Waals surface area contributed by atoms with Crippen LogP contribution in [-0.2, 0) is 6.54 Å². The lowest BCUT2D eigenvalue weighted by molar-refractivity contribution is 0.212. The minimum Gasteiger partial charge on any atom is -0.490 e. The van der Waals surface area contributed by atoms with Crippen molar-refractivity contribution in [3.63, 3.8) is 0 Å². The lowest BCUT2D eigenvalue weighted by atomic mass is 10.3. The molecule has 0 atom stereocenters. The van der Waals surface area contributed by atoms with Crippen LogP contribution in [0.2, 0.25) is 0 Å². The number of nitrogens with zero attached hydrogens (tertiary/aromatic N) is 5. The predicted octanol–water partition coefficient (Wildman–Crippen LogP) is 3.45. The monoisotopic (exact) mass is 574 g/mol. The zero-order valence-electron chi connectivity index (χ0n) is 19.3. The van der Waals surface area contributed by atoms with Gasteiger partial charge in [-0.3, -0.25) is 4.99 Å². The van der Waals surface area contributed by atoms with Crippen LogP contribution in [0.15, 0.2) is 78.0 Å². The summed E-state index contributed by atoms with van der Waals surface area (Å²) in [5.41, 5.74) is 1.07. The Morgan fingerprint density at radius 2 is 1.68 bits per heavy atom. The second kappa shape index (κ2) is 13.6. The fraction of sp³-hybridized carbons (Fsp3) is 0.320. The summed E-state index contributed by atoms with van der Waals surface area (Å²) >= 11 is 0. The predicted molar refractivity (Wildman–Crippen MR) is 145 cm³/mol. The number of aromatic nitrogens is 2. The van der Waals surface area contributed by atoms with E-state index in [1.54, 1.807) is 0 Å². The lowest BCUT2D eigenvalue weighted by Crippen LogP contribution is -2.52. The van der Waals surface area contributed by atoms with Gasteiger partial charge in [0.2, 0.25) is 5.88 Å². The van der Waals surface area contributed by atoms with Crippen molar-refractivity contribution in [2.75, 3.05) is 51.3 Å². The van der Waals surface area contributed by atoms with Crippen molar-refractivity contribution in [1.82, 2.24) is 20.2 Å². The van der Waals surface area contributed by atoms with E-state index >= 15 is 0 Å². The maximum Gasteiger partial charge on any atom is 0.213 e. The van der Waals surface area contributed by atoms with Gasteiger partial charge >= 0.3 is 0 Å². The van der Waals surface area contributed by atoms with Gasteiger partial charge in [-0.15, -0.1) is 24.0 Å². The molecule has 4 rings (SSSR count). The number of aliphatic imine (C=N–C) groups is 1. The van der Waals surface area contributed by atoms with Gasteiger partial charge in [0.05, 0.1) is 0 Å². The summed E-state index contributed by atoms with van der Waals surface area (Å²) in [6, 6.07) is 19.6. The zero-order chi connectivity index (χ0) is 22.7. The SMILES string of the molecule is CN=C(NCc1ccc(OCCOc2ccccc2)nc1)N1CCN(c2ccccn2)CC1.I. The van der Waals surface area contributed by atoms with Crippen LogP contribution in [0.5, 0.6) is 11.6 Å². The number of halogens is 1. The molecule has 1 aliphatic rings. The molecule has 0 bridgehead atoms. The highest BCUT2D eigenvalue weighted by atomic mass is 127. The molecule has 0 spiro atoms. The number of guanidine groups is 1. The van der Waals surface area contributed by atoms with E-state index in [1.165, 1.54) is 0 Å². The number of pyridine rings is 2. The smallest absolute Gasteiger partial charge is 0.213 e. The molecule has 9 heteroatoms. The Morgan fingerprint density at radius 1 is 0.912 bits per heavy atom. The average Bonchev–Trinajstić information content (AvgIpc) is 2.89. The van der Waals surface area contributed by atoms with Gasteiger partial charge in [0.1, 0.15) is 24.8 Å². The molecule has 34 heavy (non-hydrogen) atoms. The van der Waals surface area contributed by atoms with E-state index in [0.717, 1.165) is 49.3 Å². The highest BCUT2D eigenvalue weighted by Gasteiger charge is 2.20. The van der Waals surface area contributed by atoms with Crippen molar-refractivity contribution in [2.45, 2.75) is 6.54 Å². The third-order valence-electron chi connectivity index (χ3n) is 5.36. The first kappa shape index (κ1) is 25.5. The van der Waals surface area contributed by atoms with E-state index in [4.69, 9.17) is 9.47 Å². The second-order valence-corrected chi connectivity index (χ2v) is 7.58. The first-order chi connectivity index (χ1) is 16.3. The summed E-state index contributed by atoms with van der Waals surface area (Å²) < 4.78 is 11.3. The van der Waals surface area contributed by atoms with Crippen LogP contribution in [0.25, 0.3) is 0 Å². The van der Waals surface area contributed by atoms with Gasteiger partial charge in [-0.1, -0.05) is 30.3 Å². The summed E-state index contributed by atoms with van der Waals surface area (Å²) in [6.07, 6.45) is 3.66. The highest BCUT2D eigenvalue weighted by Crippen LogP contribution is 2.13. The molecule has 3 aromatic rings. The molecule has 0 aliphatic carbocycles. The van der Waals surface area contributed by atoms with Gasteiger partial charge in [0.15, 0.2) is 5.96 Å². The average molecular weight is 574 g/mol. The van der Waals surface area contributed by atoms with Gasteiger partial charge in [-0.25, -0.2) is 9.97 Å². The molecule has 180 valence electrons. The maximum atomic E-state index is 5.67. The number of hydrogen-bond donors (Lipinski definition) is 1. The van der Waals surface area contributed by atoms with E-state index in [1.807, 2.05) is 74.0 Å². The topological polar surface area (TPSA) is 75.1 Å². The summed E-state index contributed by atoms with van der Waals surface area (Å²) in [6.45, 7) is 5.18. The minimum atomic E-state index is 0. The second-order valence-electron chi connectivity index (χ2n) is 7.58. The molecule has 1 aliphatic heterocycles. The van der Waals surface area contributed by atoms with Crippen LogP contribution in [0, 0.1) is 0 Å². The number of para-hydroxylation sites is 1. The molecule has 0 radical (unpaired) electrons. The summed E-state index contributed by atoms with van der Waals surface area (Å²) in [7, 11) is 1.82. The van der Waals surface area contributed by atoms with Crippen molar-refractivity contribution in [1.29, 1.82) is 0 Å². The highest BCUT2D eigenvalue weighted by molar-refractivity contribution is 14.0. The number of piperazine rings is 1. The van der Waals surface area contributed by atoms with Crippen molar-refractivity contribution < 1.29 is 9.47 Å². The van der Waals surface area contributed by atoms with E-state index in [9.17, 15) is 0 Å². The van der Waals surface area contributed by atoms with Gasteiger partial charge in [0.25, 0.3) is 0 Å². The lowest BCUT2D eigenvalue weighted by Gasteiger charge is -2.37. The molecule has 3 heterocycles. The Labute approximate surface area is 218 Å². The number of rotatable bonds is 8. The van der Waals surface area contributed by atoms with E-state index in [2.05, 4.69) is 36.1 Å². The molecule has 0 amide bonds. The number of benzene rings is 1. The van der Waals surface area contributed by atoms with Crippen LogP contribution in [0.3, 0.4) is 0 Å². The van der Waals surface area contributed by atoms with E-state index < -0.39 is 0 Å². The first-order valence-corrected chi connectivity index (χ1v) is 11.2. The molecular formula is C25H31IN6O2. The van der Waals surface area contributed by atoms with E-state index in [0.29, 0.717) is 25.6 Å². The molecule has 0 saturated carbocycles. The summed E-state index contributed by atoms with van der Waals surface area (Å²) in [5, 5.41) is 3.44. The number of hydrogen-bond acceptors (Lipinski definition) is 6. The van der Waals surface area contributed by atoms with Gasteiger partial charge in [0, 0.05) is 58.2 Å². The van der Waals surface area contributed by atoms with Crippen molar-refractivity contribution >= 4 is 35.8 Å². The Hall–Kier alpha value is -3.08. The third-order valence-corrected chi connectivity index (χ3v) is 5.36. The van der Waals surface area contributed by atoms with E-state index in [-0.39, 0.29) is 24.0 Å². The molecule has 1 saturated heterocycles. The number of anilines is 1. The quantitative estimate of drug-likeness (QED) is 0.191. The Bertz CT molecular complexity index is 997. The number of nitrogens with one attached hydrogen (secondary N) is 1. The molecule has 8 nitrogen and oxygen atoms in total.